The fourth-order valence-corrected chi connectivity index (χ4v) is 3.61. The largest absolute Gasteiger partial charge is 0.362 e. The minimum Gasteiger partial charge on any atom is -0.362 e. The van der Waals surface area contributed by atoms with Crippen molar-refractivity contribution in [1.82, 2.24) is 10.3 Å². The fourth-order valence-electron chi connectivity index (χ4n) is 2.40. The monoisotopic (exact) mass is 418 g/mol. The van der Waals surface area contributed by atoms with E-state index in [2.05, 4.69) is 15.6 Å². The molecule has 0 fully saturated rings. The zero-order valence-electron chi connectivity index (χ0n) is 14.0. The molecule has 0 amide bonds. The van der Waals surface area contributed by atoms with Gasteiger partial charge in [0.2, 0.25) is 0 Å². The van der Waals surface area contributed by atoms with Crippen LogP contribution in [0.4, 0.5) is 10.8 Å². The van der Waals surface area contributed by atoms with Crippen LogP contribution in [0.1, 0.15) is 5.56 Å². The Kier molecular flexibility index (Phi) is 6.33. The fraction of sp³-hybridized carbons (Fsp3) is 0.111. The SMILES string of the molecule is O=[N+]([O-])c1cccc(-c2csc(NC(=S)NCCc3ccccc3Cl)n2)c1. The molecule has 3 rings (SSSR count). The number of benzene rings is 2. The van der Waals surface area contributed by atoms with Crippen LogP contribution in [0, 0.1) is 10.1 Å². The summed E-state index contributed by atoms with van der Waals surface area (Å²) in [7, 11) is 0. The molecule has 138 valence electrons. The predicted molar refractivity (Wildman–Crippen MR) is 114 cm³/mol. The Morgan fingerprint density at radius 1 is 1.26 bits per heavy atom. The van der Waals surface area contributed by atoms with Gasteiger partial charge in [0.1, 0.15) is 0 Å². The zero-order valence-corrected chi connectivity index (χ0v) is 16.4. The quantitative estimate of drug-likeness (QED) is 0.336. The predicted octanol–water partition coefficient (Wildman–Crippen LogP) is 4.90. The van der Waals surface area contributed by atoms with Gasteiger partial charge in [-0.2, -0.15) is 0 Å². The van der Waals surface area contributed by atoms with Crippen LogP contribution >= 0.6 is 35.2 Å². The van der Waals surface area contributed by atoms with Gasteiger partial charge in [0, 0.05) is 34.6 Å². The molecule has 0 aliphatic heterocycles. The molecule has 0 atom stereocenters. The van der Waals surface area contributed by atoms with Crippen molar-refractivity contribution in [3.05, 3.63) is 74.6 Å². The van der Waals surface area contributed by atoms with E-state index in [1.165, 1.54) is 23.5 Å². The van der Waals surface area contributed by atoms with Gasteiger partial charge in [0.25, 0.3) is 5.69 Å². The molecule has 1 aromatic heterocycles. The molecular formula is C18H15ClN4O2S2. The third-order valence-electron chi connectivity index (χ3n) is 3.72. The first-order valence-electron chi connectivity index (χ1n) is 8.01. The Labute approximate surface area is 170 Å². The topological polar surface area (TPSA) is 80.1 Å². The second-order valence-corrected chi connectivity index (χ2v) is 7.24. The maximum atomic E-state index is 10.9. The van der Waals surface area contributed by atoms with Crippen molar-refractivity contribution in [3.8, 4) is 11.3 Å². The number of hydrogen-bond donors (Lipinski definition) is 2. The number of hydrogen-bond acceptors (Lipinski definition) is 5. The van der Waals surface area contributed by atoms with E-state index in [1.807, 2.05) is 29.6 Å². The standard InChI is InChI=1S/C18H15ClN4O2S2/c19-15-7-2-1-4-12(15)8-9-20-17(26)22-18-21-16(11-27-18)13-5-3-6-14(10-13)23(24)25/h1-7,10-11H,8-9H2,(H2,20,21,22,26). The molecule has 0 saturated heterocycles. The van der Waals surface area contributed by atoms with E-state index < -0.39 is 4.92 Å². The van der Waals surface area contributed by atoms with Gasteiger partial charge in [-0.25, -0.2) is 4.98 Å². The molecule has 0 saturated carbocycles. The van der Waals surface area contributed by atoms with Crippen molar-refractivity contribution in [2.75, 3.05) is 11.9 Å². The first kappa shape index (κ1) is 19.2. The van der Waals surface area contributed by atoms with E-state index in [-0.39, 0.29) is 5.69 Å². The number of thiazole rings is 1. The number of non-ortho nitro benzene ring substituents is 1. The molecule has 0 bridgehead atoms. The number of nitro groups is 1. The highest BCUT2D eigenvalue weighted by Crippen LogP contribution is 2.27. The lowest BCUT2D eigenvalue weighted by molar-refractivity contribution is -0.384. The highest BCUT2D eigenvalue weighted by atomic mass is 35.5. The van der Waals surface area contributed by atoms with Gasteiger partial charge in [-0.05, 0) is 30.3 Å². The first-order chi connectivity index (χ1) is 13.0. The Morgan fingerprint density at radius 3 is 2.85 bits per heavy atom. The average Bonchev–Trinajstić information content (AvgIpc) is 3.12. The molecular weight excluding hydrogens is 404 g/mol. The number of nitrogens with zero attached hydrogens (tertiary/aromatic N) is 2. The van der Waals surface area contributed by atoms with Crippen LogP contribution in [0.15, 0.2) is 53.9 Å². The first-order valence-corrected chi connectivity index (χ1v) is 9.68. The molecule has 9 heteroatoms. The van der Waals surface area contributed by atoms with Crippen molar-refractivity contribution in [2.45, 2.75) is 6.42 Å². The average molecular weight is 419 g/mol. The molecule has 2 N–H and O–H groups in total. The number of nitrogens with one attached hydrogen (secondary N) is 2. The van der Waals surface area contributed by atoms with Crippen LogP contribution in [-0.2, 0) is 6.42 Å². The van der Waals surface area contributed by atoms with Crippen molar-refractivity contribution >= 4 is 51.1 Å². The molecule has 0 spiro atoms. The van der Waals surface area contributed by atoms with Crippen LogP contribution in [0.5, 0.6) is 0 Å². The van der Waals surface area contributed by atoms with Crippen LogP contribution in [0.25, 0.3) is 11.3 Å². The van der Waals surface area contributed by atoms with E-state index in [4.69, 9.17) is 23.8 Å². The van der Waals surface area contributed by atoms with E-state index in [9.17, 15) is 10.1 Å². The second kappa shape index (κ2) is 8.90. The summed E-state index contributed by atoms with van der Waals surface area (Å²) in [6.45, 7) is 0.638. The van der Waals surface area contributed by atoms with E-state index in [0.717, 1.165) is 17.0 Å². The minimum atomic E-state index is -0.424. The van der Waals surface area contributed by atoms with Crippen molar-refractivity contribution in [1.29, 1.82) is 0 Å². The summed E-state index contributed by atoms with van der Waals surface area (Å²) in [4.78, 5) is 14.9. The number of thiocarbonyl (C=S) groups is 1. The number of halogens is 1. The zero-order chi connectivity index (χ0) is 19.2. The summed E-state index contributed by atoms with van der Waals surface area (Å²) in [6, 6.07) is 14.1. The molecule has 0 aliphatic rings. The van der Waals surface area contributed by atoms with Crippen molar-refractivity contribution in [2.24, 2.45) is 0 Å². The van der Waals surface area contributed by atoms with Gasteiger partial charge in [-0.1, -0.05) is 41.9 Å². The Hall–Kier alpha value is -2.55. The summed E-state index contributed by atoms with van der Waals surface area (Å²) in [5.41, 5.74) is 2.43. The van der Waals surface area contributed by atoms with Gasteiger partial charge < -0.3 is 10.6 Å². The Bertz CT molecular complexity index is 977. The molecule has 2 aromatic carbocycles. The number of rotatable bonds is 6. The lowest BCUT2D eigenvalue weighted by atomic mass is 10.1. The van der Waals surface area contributed by atoms with Gasteiger partial charge in [0.15, 0.2) is 10.2 Å². The van der Waals surface area contributed by atoms with Crippen LogP contribution in [-0.4, -0.2) is 21.6 Å². The van der Waals surface area contributed by atoms with E-state index in [0.29, 0.717) is 28.0 Å². The Morgan fingerprint density at radius 2 is 2.07 bits per heavy atom. The second-order valence-electron chi connectivity index (χ2n) is 5.57. The van der Waals surface area contributed by atoms with Gasteiger partial charge in [0.05, 0.1) is 10.6 Å². The maximum absolute atomic E-state index is 10.9. The van der Waals surface area contributed by atoms with Crippen molar-refractivity contribution in [3.63, 3.8) is 0 Å². The molecule has 27 heavy (non-hydrogen) atoms. The molecule has 0 unspecified atom stereocenters. The van der Waals surface area contributed by atoms with Crippen LogP contribution in [0.3, 0.4) is 0 Å². The smallest absolute Gasteiger partial charge is 0.270 e. The maximum Gasteiger partial charge on any atom is 0.270 e. The normalized spacial score (nSPS) is 10.4. The van der Waals surface area contributed by atoms with Gasteiger partial charge in [-0.3, -0.25) is 10.1 Å². The van der Waals surface area contributed by atoms with Crippen molar-refractivity contribution < 1.29 is 4.92 Å². The highest BCUT2D eigenvalue weighted by molar-refractivity contribution is 7.80. The lowest BCUT2D eigenvalue weighted by Crippen LogP contribution is -2.30. The summed E-state index contributed by atoms with van der Waals surface area (Å²) < 4.78 is 0. The third kappa shape index (κ3) is 5.22. The van der Waals surface area contributed by atoms with Crippen LogP contribution < -0.4 is 10.6 Å². The minimum absolute atomic E-state index is 0.0340. The summed E-state index contributed by atoms with van der Waals surface area (Å²) in [5, 5.41) is 20.7. The van der Waals surface area contributed by atoms with E-state index in [1.54, 1.807) is 12.1 Å². The number of aromatic nitrogens is 1. The third-order valence-corrected chi connectivity index (χ3v) is 5.09. The van der Waals surface area contributed by atoms with Gasteiger partial charge >= 0.3 is 0 Å². The molecule has 1 heterocycles. The number of anilines is 1. The number of nitro benzene ring substituents is 1. The van der Waals surface area contributed by atoms with Gasteiger partial charge in [-0.15, -0.1) is 11.3 Å². The molecule has 0 aliphatic carbocycles. The molecule has 3 aromatic rings. The summed E-state index contributed by atoms with van der Waals surface area (Å²) in [5.74, 6) is 0. The lowest BCUT2D eigenvalue weighted by Gasteiger charge is -2.09. The summed E-state index contributed by atoms with van der Waals surface area (Å²) >= 11 is 12.8. The van der Waals surface area contributed by atoms with Crippen LogP contribution in [0.2, 0.25) is 5.02 Å². The molecule has 6 nitrogen and oxygen atoms in total. The Balaban J connectivity index is 1.56. The summed E-state index contributed by atoms with van der Waals surface area (Å²) in [6.07, 6.45) is 0.748. The molecule has 0 radical (unpaired) electrons. The van der Waals surface area contributed by atoms with E-state index >= 15 is 0 Å². The highest BCUT2D eigenvalue weighted by Gasteiger charge is 2.10.